The van der Waals surface area contributed by atoms with Crippen LogP contribution >= 0.6 is 11.3 Å². The number of thiophene rings is 1. The number of nitrogens with zero attached hydrogens (tertiary/aromatic N) is 1. The Labute approximate surface area is 178 Å². The first-order valence-corrected chi connectivity index (χ1v) is 10.7. The summed E-state index contributed by atoms with van der Waals surface area (Å²) in [5.41, 5.74) is 3.80. The molecule has 1 aromatic heterocycles. The Morgan fingerprint density at radius 3 is 2.50 bits per heavy atom. The monoisotopic (exact) mass is 423 g/mol. The summed E-state index contributed by atoms with van der Waals surface area (Å²) >= 11 is 1.38. The molecule has 7 heteroatoms. The molecule has 0 radical (unpaired) electrons. The van der Waals surface area contributed by atoms with E-state index in [0.29, 0.717) is 28.2 Å². The van der Waals surface area contributed by atoms with Gasteiger partial charge in [-0.3, -0.25) is 9.59 Å². The van der Waals surface area contributed by atoms with Crippen molar-refractivity contribution in [2.45, 2.75) is 19.8 Å². The average Bonchev–Trinajstić information content (AvgIpc) is 3.27. The second-order valence-corrected chi connectivity index (χ2v) is 8.22. The molecule has 154 valence electrons. The molecule has 0 fully saturated rings. The van der Waals surface area contributed by atoms with Crippen molar-refractivity contribution < 1.29 is 14.0 Å². The lowest BCUT2D eigenvalue weighted by Crippen LogP contribution is -2.37. The van der Waals surface area contributed by atoms with Crippen molar-refractivity contribution in [1.29, 1.82) is 0 Å². The lowest BCUT2D eigenvalue weighted by molar-refractivity contribution is -0.115. The van der Waals surface area contributed by atoms with Crippen LogP contribution in [0.4, 0.5) is 21.5 Å². The second kappa shape index (κ2) is 8.67. The number of rotatable bonds is 5. The Balaban J connectivity index is 1.38. The summed E-state index contributed by atoms with van der Waals surface area (Å²) in [5.74, 6) is -0.532. The summed E-state index contributed by atoms with van der Waals surface area (Å²) in [6, 6.07) is 13.8. The topological polar surface area (TPSA) is 61.4 Å². The van der Waals surface area contributed by atoms with Crippen LogP contribution in [0.5, 0.6) is 0 Å². The number of carbonyl (C=O) groups is 2. The zero-order chi connectivity index (χ0) is 21.1. The molecular weight excluding hydrogens is 401 g/mol. The number of aryl methyl sites for hydroxylation is 1. The number of amides is 2. The molecule has 2 N–H and O–H groups in total. The van der Waals surface area contributed by atoms with Gasteiger partial charge in [0.25, 0.3) is 5.91 Å². The highest BCUT2D eigenvalue weighted by Gasteiger charge is 2.23. The Bertz CT molecular complexity index is 1060. The molecule has 1 aliphatic rings. The van der Waals surface area contributed by atoms with Gasteiger partial charge in [-0.15, -0.1) is 11.3 Å². The molecule has 3 aromatic rings. The predicted octanol–water partition coefficient (Wildman–Crippen LogP) is 4.84. The van der Waals surface area contributed by atoms with Gasteiger partial charge in [0.15, 0.2) is 0 Å². The van der Waals surface area contributed by atoms with Crippen LogP contribution in [0.1, 0.15) is 27.2 Å². The van der Waals surface area contributed by atoms with Crippen molar-refractivity contribution in [2.75, 3.05) is 28.6 Å². The molecule has 0 spiro atoms. The van der Waals surface area contributed by atoms with Gasteiger partial charge >= 0.3 is 0 Å². The number of hydrogen-bond acceptors (Lipinski definition) is 4. The van der Waals surface area contributed by atoms with Gasteiger partial charge < -0.3 is 15.5 Å². The van der Waals surface area contributed by atoms with Crippen molar-refractivity contribution in [2.24, 2.45) is 0 Å². The molecule has 0 saturated heterocycles. The zero-order valence-electron chi connectivity index (χ0n) is 16.6. The molecule has 2 amide bonds. The van der Waals surface area contributed by atoms with Crippen molar-refractivity contribution in [1.82, 2.24) is 0 Å². The normalized spacial score (nSPS) is 12.9. The molecule has 1 aliphatic heterocycles. The van der Waals surface area contributed by atoms with Crippen LogP contribution in [0, 0.1) is 12.7 Å². The van der Waals surface area contributed by atoms with Crippen LogP contribution in [0.2, 0.25) is 0 Å². The first kappa shape index (κ1) is 20.1. The van der Waals surface area contributed by atoms with E-state index >= 15 is 0 Å². The van der Waals surface area contributed by atoms with Crippen molar-refractivity contribution in [3.8, 4) is 0 Å². The number of benzene rings is 2. The molecule has 0 saturated carbocycles. The lowest BCUT2D eigenvalue weighted by atomic mass is 9.97. The molecule has 0 aliphatic carbocycles. The van der Waals surface area contributed by atoms with Crippen molar-refractivity contribution in [3.63, 3.8) is 0 Å². The maximum atomic E-state index is 14.2. The minimum atomic E-state index is -0.208. The van der Waals surface area contributed by atoms with Gasteiger partial charge in [-0.25, -0.2) is 4.39 Å². The zero-order valence-corrected chi connectivity index (χ0v) is 17.4. The van der Waals surface area contributed by atoms with Gasteiger partial charge in [0.1, 0.15) is 5.82 Å². The van der Waals surface area contributed by atoms with Gasteiger partial charge in [-0.05, 0) is 67.1 Å². The van der Waals surface area contributed by atoms with Crippen LogP contribution in [0.25, 0.3) is 0 Å². The minimum Gasteiger partial charge on any atom is -0.362 e. The number of fused-ring (bicyclic) bond motifs is 1. The van der Waals surface area contributed by atoms with Crippen LogP contribution in [-0.4, -0.2) is 24.9 Å². The average molecular weight is 424 g/mol. The molecule has 0 atom stereocenters. The minimum absolute atomic E-state index is 0.159. The molecule has 5 nitrogen and oxygen atoms in total. The second-order valence-electron chi connectivity index (χ2n) is 7.27. The van der Waals surface area contributed by atoms with Crippen LogP contribution in [0.15, 0.2) is 53.9 Å². The molecule has 0 bridgehead atoms. The van der Waals surface area contributed by atoms with E-state index in [2.05, 4.69) is 10.6 Å². The summed E-state index contributed by atoms with van der Waals surface area (Å²) in [4.78, 5) is 27.3. The van der Waals surface area contributed by atoms with E-state index in [1.165, 1.54) is 17.4 Å². The lowest BCUT2D eigenvalue weighted by Gasteiger charge is -2.32. The van der Waals surface area contributed by atoms with Crippen molar-refractivity contribution >= 4 is 40.2 Å². The van der Waals surface area contributed by atoms with Gasteiger partial charge in [-0.1, -0.05) is 12.1 Å². The molecule has 2 heterocycles. The SMILES string of the molecule is Cc1ccc(F)c2c1N(CC(=O)Nc1ccc(NC(=O)c3cccs3)cc1)CCC2. The summed E-state index contributed by atoms with van der Waals surface area (Å²) in [7, 11) is 0. The van der Waals surface area contributed by atoms with E-state index in [1.54, 1.807) is 36.4 Å². The molecular formula is C23H22FN3O2S. The van der Waals surface area contributed by atoms with E-state index in [1.807, 2.05) is 23.3 Å². The Hall–Kier alpha value is -3.19. The third-order valence-corrected chi connectivity index (χ3v) is 5.97. The predicted molar refractivity (Wildman–Crippen MR) is 119 cm³/mol. The number of hydrogen-bond donors (Lipinski definition) is 2. The van der Waals surface area contributed by atoms with Gasteiger partial charge in [0.2, 0.25) is 5.91 Å². The Morgan fingerprint density at radius 1 is 1.07 bits per heavy atom. The highest BCUT2D eigenvalue weighted by atomic mass is 32.1. The smallest absolute Gasteiger partial charge is 0.265 e. The number of halogens is 1. The van der Waals surface area contributed by atoms with E-state index < -0.39 is 0 Å². The van der Waals surface area contributed by atoms with E-state index in [-0.39, 0.29) is 24.2 Å². The fraction of sp³-hybridized carbons (Fsp3) is 0.217. The Kier molecular flexibility index (Phi) is 5.81. The summed E-state index contributed by atoms with van der Waals surface area (Å²) in [6.45, 7) is 2.82. The first-order valence-electron chi connectivity index (χ1n) is 9.79. The van der Waals surface area contributed by atoms with E-state index in [0.717, 1.165) is 24.2 Å². The van der Waals surface area contributed by atoms with Gasteiger partial charge in [0, 0.05) is 29.2 Å². The maximum Gasteiger partial charge on any atom is 0.265 e. The number of carbonyl (C=O) groups excluding carboxylic acids is 2. The summed E-state index contributed by atoms with van der Waals surface area (Å²) in [5, 5.41) is 7.56. The van der Waals surface area contributed by atoms with Gasteiger partial charge in [-0.2, -0.15) is 0 Å². The highest BCUT2D eigenvalue weighted by molar-refractivity contribution is 7.12. The van der Waals surface area contributed by atoms with Gasteiger partial charge in [0.05, 0.1) is 11.4 Å². The third kappa shape index (κ3) is 4.36. The maximum absolute atomic E-state index is 14.2. The molecule has 0 unspecified atom stereocenters. The van der Waals surface area contributed by atoms with Crippen LogP contribution in [-0.2, 0) is 11.2 Å². The fourth-order valence-electron chi connectivity index (χ4n) is 3.73. The van der Waals surface area contributed by atoms with E-state index in [4.69, 9.17) is 0 Å². The Morgan fingerprint density at radius 2 is 1.80 bits per heavy atom. The molecule has 30 heavy (non-hydrogen) atoms. The summed E-state index contributed by atoms with van der Waals surface area (Å²) in [6.07, 6.45) is 1.51. The summed E-state index contributed by atoms with van der Waals surface area (Å²) < 4.78 is 14.2. The van der Waals surface area contributed by atoms with E-state index in [9.17, 15) is 14.0 Å². The largest absolute Gasteiger partial charge is 0.362 e. The number of anilines is 3. The molecule has 4 rings (SSSR count). The molecule has 2 aromatic carbocycles. The highest BCUT2D eigenvalue weighted by Crippen LogP contribution is 2.32. The number of nitrogens with one attached hydrogen (secondary N) is 2. The van der Waals surface area contributed by atoms with Crippen LogP contribution < -0.4 is 15.5 Å². The van der Waals surface area contributed by atoms with Crippen molar-refractivity contribution in [3.05, 3.63) is 75.7 Å². The third-order valence-electron chi connectivity index (χ3n) is 5.10. The van der Waals surface area contributed by atoms with Crippen LogP contribution in [0.3, 0.4) is 0 Å². The standard InChI is InChI=1S/C23H22FN3O2S/c1-15-6-11-19(24)18-4-2-12-27(22(15)18)14-21(28)25-16-7-9-17(10-8-16)26-23(29)20-5-3-13-30-20/h3,5-11,13H,2,4,12,14H2,1H3,(H,25,28)(H,26,29). The quantitative estimate of drug-likeness (QED) is 0.617. The fourth-order valence-corrected chi connectivity index (χ4v) is 4.35. The first-order chi connectivity index (χ1) is 14.5.